The zero-order chi connectivity index (χ0) is 18.2. The first kappa shape index (κ1) is 18.9. The number of methoxy groups -OCH3 is 2. The van der Waals surface area contributed by atoms with Gasteiger partial charge in [-0.1, -0.05) is 13.0 Å². The maximum Gasteiger partial charge on any atom is 0.317 e. The van der Waals surface area contributed by atoms with Crippen molar-refractivity contribution in [2.45, 2.75) is 32.2 Å². The van der Waals surface area contributed by atoms with Gasteiger partial charge in [0.25, 0.3) is 5.91 Å². The number of amides is 3. The van der Waals surface area contributed by atoms with E-state index in [0.717, 1.165) is 19.3 Å². The molecule has 1 aromatic carbocycles. The summed E-state index contributed by atoms with van der Waals surface area (Å²) in [7, 11) is 3.05. The zero-order valence-electron chi connectivity index (χ0n) is 15.1. The lowest BCUT2D eigenvalue weighted by Crippen LogP contribution is -2.49. The summed E-state index contributed by atoms with van der Waals surface area (Å²) < 4.78 is 10.6. The molecular formula is C18H27N3O4. The number of urea groups is 1. The fourth-order valence-corrected chi connectivity index (χ4v) is 2.90. The molecule has 0 atom stereocenters. The second-order valence-electron chi connectivity index (χ2n) is 6.00. The van der Waals surface area contributed by atoms with Crippen LogP contribution in [0.3, 0.4) is 0 Å². The number of carbonyl (C=O) groups is 2. The van der Waals surface area contributed by atoms with E-state index in [4.69, 9.17) is 9.47 Å². The van der Waals surface area contributed by atoms with Gasteiger partial charge >= 0.3 is 6.03 Å². The molecule has 7 heteroatoms. The van der Waals surface area contributed by atoms with Crippen LogP contribution in [-0.2, 0) is 0 Å². The minimum Gasteiger partial charge on any atom is -0.496 e. The highest BCUT2D eigenvalue weighted by atomic mass is 16.5. The number of benzene rings is 1. The quantitative estimate of drug-likeness (QED) is 0.823. The van der Waals surface area contributed by atoms with Gasteiger partial charge in [-0.2, -0.15) is 0 Å². The van der Waals surface area contributed by atoms with Gasteiger partial charge in [-0.15, -0.1) is 0 Å². The molecule has 1 saturated heterocycles. The molecule has 3 amide bonds. The molecule has 1 fully saturated rings. The number of hydrogen-bond donors (Lipinski definition) is 2. The highest BCUT2D eigenvalue weighted by Gasteiger charge is 2.26. The van der Waals surface area contributed by atoms with Crippen molar-refractivity contribution >= 4 is 11.9 Å². The zero-order valence-corrected chi connectivity index (χ0v) is 15.1. The SMILES string of the molecule is CCCNC(=O)N1CCC(NC(=O)c2c(OC)cccc2OC)CC1. The van der Waals surface area contributed by atoms with Crippen LogP contribution >= 0.6 is 0 Å². The molecule has 1 aliphatic rings. The average Bonchev–Trinajstić information content (AvgIpc) is 2.65. The molecule has 138 valence electrons. The van der Waals surface area contributed by atoms with Gasteiger partial charge < -0.3 is 25.0 Å². The third-order valence-corrected chi connectivity index (χ3v) is 4.30. The van der Waals surface area contributed by atoms with Gasteiger partial charge in [0.2, 0.25) is 0 Å². The maximum absolute atomic E-state index is 12.7. The minimum absolute atomic E-state index is 0.0253. The Hall–Kier alpha value is -2.44. The van der Waals surface area contributed by atoms with E-state index in [9.17, 15) is 9.59 Å². The van der Waals surface area contributed by atoms with Crippen LogP contribution in [0.2, 0.25) is 0 Å². The van der Waals surface area contributed by atoms with Gasteiger partial charge in [-0.25, -0.2) is 4.79 Å². The molecule has 1 aromatic rings. The molecule has 2 N–H and O–H groups in total. The normalized spacial score (nSPS) is 14.8. The predicted octanol–water partition coefficient (Wildman–Crippen LogP) is 2.02. The Morgan fingerprint density at radius 1 is 1.16 bits per heavy atom. The molecule has 0 bridgehead atoms. The summed E-state index contributed by atoms with van der Waals surface area (Å²) in [6.45, 7) is 3.96. The van der Waals surface area contributed by atoms with Crippen molar-refractivity contribution in [3.05, 3.63) is 23.8 Å². The van der Waals surface area contributed by atoms with E-state index in [1.165, 1.54) is 14.2 Å². The molecule has 0 radical (unpaired) electrons. The van der Waals surface area contributed by atoms with Crippen LogP contribution in [-0.4, -0.2) is 56.7 Å². The van der Waals surface area contributed by atoms with Crippen LogP contribution in [0, 0.1) is 0 Å². The van der Waals surface area contributed by atoms with Crippen molar-refractivity contribution in [3.63, 3.8) is 0 Å². The summed E-state index contributed by atoms with van der Waals surface area (Å²) in [5, 5.41) is 5.91. The Kier molecular flexibility index (Phi) is 6.91. The molecule has 0 unspecified atom stereocenters. The minimum atomic E-state index is -0.219. The Labute approximate surface area is 148 Å². The first-order valence-corrected chi connectivity index (χ1v) is 8.65. The molecular weight excluding hydrogens is 322 g/mol. The lowest BCUT2D eigenvalue weighted by atomic mass is 10.0. The maximum atomic E-state index is 12.7. The standard InChI is InChI=1S/C18H27N3O4/c1-4-10-19-18(23)21-11-8-13(9-12-21)20-17(22)16-14(24-2)6-5-7-15(16)25-3/h5-7,13H,4,8-12H2,1-3H3,(H,19,23)(H,20,22). The van der Waals surface area contributed by atoms with Gasteiger partial charge in [-0.3, -0.25) is 4.79 Å². The van der Waals surface area contributed by atoms with Gasteiger partial charge in [0, 0.05) is 25.7 Å². The summed E-state index contributed by atoms with van der Waals surface area (Å²) in [4.78, 5) is 26.4. The number of nitrogens with zero attached hydrogens (tertiary/aromatic N) is 1. The third-order valence-electron chi connectivity index (χ3n) is 4.30. The Morgan fingerprint density at radius 3 is 2.28 bits per heavy atom. The molecule has 2 rings (SSSR count). The number of nitrogens with one attached hydrogen (secondary N) is 2. The predicted molar refractivity (Wildman–Crippen MR) is 95.3 cm³/mol. The van der Waals surface area contributed by atoms with Gasteiger partial charge in [0.15, 0.2) is 0 Å². The van der Waals surface area contributed by atoms with E-state index in [2.05, 4.69) is 10.6 Å². The van der Waals surface area contributed by atoms with Crippen molar-refractivity contribution in [1.29, 1.82) is 0 Å². The monoisotopic (exact) mass is 349 g/mol. The summed E-state index contributed by atoms with van der Waals surface area (Å²) in [5.74, 6) is 0.740. The van der Waals surface area contributed by atoms with Crippen molar-refractivity contribution in [1.82, 2.24) is 15.5 Å². The number of ether oxygens (including phenoxy) is 2. The number of hydrogen-bond acceptors (Lipinski definition) is 4. The van der Waals surface area contributed by atoms with Crippen LogP contribution < -0.4 is 20.1 Å². The summed E-state index contributed by atoms with van der Waals surface area (Å²) in [6.07, 6.45) is 2.37. The summed E-state index contributed by atoms with van der Waals surface area (Å²) >= 11 is 0. The molecule has 7 nitrogen and oxygen atoms in total. The van der Waals surface area contributed by atoms with Crippen molar-refractivity contribution in [3.8, 4) is 11.5 Å². The van der Waals surface area contributed by atoms with Crippen molar-refractivity contribution < 1.29 is 19.1 Å². The molecule has 0 aliphatic carbocycles. The third kappa shape index (κ3) is 4.78. The van der Waals surface area contributed by atoms with E-state index in [1.807, 2.05) is 6.92 Å². The molecule has 0 aromatic heterocycles. The van der Waals surface area contributed by atoms with Crippen molar-refractivity contribution in [2.75, 3.05) is 33.9 Å². The lowest BCUT2D eigenvalue weighted by Gasteiger charge is -2.32. The summed E-state index contributed by atoms with van der Waals surface area (Å²) in [6, 6.07) is 5.24. The number of likely N-dealkylation sites (tertiary alicyclic amines) is 1. The Bertz CT molecular complexity index is 576. The van der Waals surface area contributed by atoms with Crippen LogP contribution in [0.25, 0.3) is 0 Å². The van der Waals surface area contributed by atoms with Gasteiger partial charge in [-0.05, 0) is 31.4 Å². The Balaban J connectivity index is 1.94. The topological polar surface area (TPSA) is 79.9 Å². The highest BCUT2D eigenvalue weighted by molar-refractivity contribution is 5.99. The molecule has 1 heterocycles. The second-order valence-corrected chi connectivity index (χ2v) is 6.00. The van der Waals surface area contributed by atoms with Crippen LogP contribution in [0.4, 0.5) is 4.79 Å². The van der Waals surface area contributed by atoms with Crippen LogP contribution in [0.1, 0.15) is 36.5 Å². The first-order chi connectivity index (χ1) is 12.1. The smallest absolute Gasteiger partial charge is 0.317 e. The number of piperidine rings is 1. The van der Waals surface area contributed by atoms with Gasteiger partial charge in [0.05, 0.1) is 14.2 Å². The number of carbonyl (C=O) groups excluding carboxylic acids is 2. The summed E-state index contributed by atoms with van der Waals surface area (Å²) in [5.41, 5.74) is 0.399. The van der Waals surface area contributed by atoms with Crippen LogP contribution in [0.15, 0.2) is 18.2 Å². The average molecular weight is 349 g/mol. The van der Waals surface area contributed by atoms with Gasteiger partial charge in [0.1, 0.15) is 17.1 Å². The van der Waals surface area contributed by atoms with E-state index in [1.54, 1.807) is 23.1 Å². The molecule has 25 heavy (non-hydrogen) atoms. The lowest BCUT2D eigenvalue weighted by molar-refractivity contribution is 0.0911. The van der Waals surface area contributed by atoms with E-state index in [0.29, 0.717) is 36.7 Å². The first-order valence-electron chi connectivity index (χ1n) is 8.65. The Morgan fingerprint density at radius 2 is 1.76 bits per heavy atom. The van der Waals surface area contributed by atoms with E-state index in [-0.39, 0.29) is 18.0 Å². The van der Waals surface area contributed by atoms with E-state index < -0.39 is 0 Å². The van der Waals surface area contributed by atoms with Crippen molar-refractivity contribution in [2.24, 2.45) is 0 Å². The highest BCUT2D eigenvalue weighted by Crippen LogP contribution is 2.28. The molecule has 0 spiro atoms. The largest absolute Gasteiger partial charge is 0.496 e. The van der Waals surface area contributed by atoms with E-state index >= 15 is 0 Å². The van der Waals surface area contributed by atoms with Crippen LogP contribution in [0.5, 0.6) is 11.5 Å². The molecule has 1 aliphatic heterocycles. The number of rotatable bonds is 6. The molecule has 0 saturated carbocycles. The fraction of sp³-hybridized carbons (Fsp3) is 0.556. The fourth-order valence-electron chi connectivity index (χ4n) is 2.90. The second kappa shape index (κ2) is 9.15.